The van der Waals surface area contributed by atoms with E-state index in [9.17, 15) is 19.1 Å². The molecular weight excluding hydrogens is 301 g/mol. The van der Waals surface area contributed by atoms with Gasteiger partial charge in [-0.1, -0.05) is 6.92 Å². The van der Waals surface area contributed by atoms with Crippen LogP contribution >= 0.6 is 0 Å². The summed E-state index contributed by atoms with van der Waals surface area (Å²) < 4.78 is 13.6. The molecular formula is C16H24FN3O3. The molecule has 0 bridgehead atoms. The van der Waals surface area contributed by atoms with Crippen LogP contribution in [0, 0.1) is 5.92 Å². The molecule has 1 heterocycles. The quantitative estimate of drug-likeness (QED) is 0.742. The van der Waals surface area contributed by atoms with Gasteiger partial charge in [-0.3, -0.25) is 14.6 Å². The van der Waals surface area contributed by atoms with E-state index in [1.54, 1.807) is 0 Å². The SMILES string of the molecule is CC(=O)CN=C1CCC(C)/C1=C(/N)C(=O)N1CCC(O)C(F)C1. The Labute approximate surface area is 135 Å². The van der Waals surface area contributed by atoms with Crippen molar-refractivity contribution in [3.05, 3.63) is 11.3 Å². The van der Waals surface area contributed by atoms with E-state index in [1.165, 1.54) is 11.8 Å². The third-order valence-corrected chi connectivity index (χ3v) is 4.43. The summed E-state index contributed by atoms with van der Waals surface area (Å²) in [5.41, 5.74) is 7.52. The van der Waals surface area contributed by atoms with E-state index >= 15 is 0 Å². The molecule has 0 aromatic heterocycles. The van der Waals surface area contributed by atoms with E-state index in [0.717, 1.165) is 6.42 Å². The van der Waals surface area contributed by atoms with Crippen LogP contribution < -0.4 is 5.73 Å². The van der Waals surface area contributed by atoms with Crippen molar-refractivity contribution in [3.63, 3.8) is 0 Å². The number of hydrogen-bond donors (Lipinski definition) is 2. The number of ketones is 1. The monoisotopic (exact) mass is 325 g/mol. The summed E-state index contributed by atoms with van der Waals surface area (Å²) in [7, 11) is 0. The summed E-state index contributed by atoms with van der Waals surface area (Å²) in [6.07, 6.45) is -0.758. The number of hydrogen-bond acceptors (Lipinski definition) is 5. The Hall–Kier alpha value is -1.76. The van der Waals surface area contributed by atoms with Crippen molar-refractivity contribution in [2.24, 2.45) is 16.6 Å². The summed E-state index contributed by atoms with van der Waals surface area (Å²) >= 11 is 0. The van der Waals surface area contributed by atoms with Gasteiger partial charge in [0.1, 0.15) is 11.9 Å². The molecule has 1 saturated heterocycles. The maximum absolute atomic E-state index is 13.6. The minimum atomic E-state index is -1.45. The second-order valence-electron chi connectivity index (χ2n) is 6.36. The Morgan fingerprint density at radius 2 is 2.13 bits per heavy atom. The highest BCUT2D eigenvalue weighted by molar-refractivity contribution is 6.09. The molecule has 3 atom stereocenters. The Kier molecular flexibility index (Phi) is 5.51. The average Bonchev–Trinajstić information content (AvgIpc) is 2.87. The lowest BCUT2D eigenvalue weighted by atomic mass is 10.00. The number of nitrogens with two attached hydrogens (primary N) is 1. The zero-order valence-electron chi connectivity index (χ0n) is 13.6. The number of halogens is 1. The fraction of sp³-hybridized carbons (Fsp3) is 0.688. The van der Waals surface area contributed by atoms with Crippen LogP contribution in [0.4, 0.5) is 4.39 Å². The lowest BCUT2D eigenvalue weighted by molar-refractivity contribution is -0.131. The van der Waals surface area contributed by atoms with Crippen molar-refractivity contribution in [2.45, 2.75) is 45.4 Å². The van der Waals surface area contributed by atoms with Crippen LogP contribution in [0.3, 0.4) is 0 Å². The molecule has 0 aromatic carbocycles. The Bertz CT molecular complexity index is 559. The van der Waals surface area contributed by atoms with Gasteiger partial charge < -0.3 is 15.7 Å². The molecule has 0 aromatic rings. The minimum Gasteiger partial charge on any atom is -0.394 e. The molecule has 3 N–H and O–H groups in total. The number of aliphatic hydroxyl groups is 1. The second-order valence-corrected chi connectivity index (χ2v) is 6.36. The summed E-state index contributed by atoms with van der Waals surface area (Å²) in [6, 6.07) is 0. The van der Waals surface area contributed by atoms with Crippen LogP contribution in [0.2, 0.25) is 0 Å². The van der Waals surface area contributed by atoms with Gasteiger partial charge >= 0.3 is 0 Å². The van der Waals surface area contributed by atoms with Crippen LogP contribution in [-0.4, -0.2) is 59.3 Å². The van der Waals surface area contributed by atoms with Crippen molar-refractivity contribution >= 4 is 17.4 Å². The number of carbonyl (C=O) groups is 2. The van der Waals surface area contributed by atoms with E-state index in [2.05, 4.69) is 4.99 Å². The third kappa shape index (κ3) is 3.96. The Balaban J connectivity index is 2.21. The van der Waals surface area contributed by atoms with Crippen molar-refractivity contribution in [2.75, 3.05) is 19.6 Å². The van der Waals surface area contributed by atoms with E-state index in [0.29, 0.717) is 17.7 Å². The van der Waals surface area contributed by atoms with Gasteiger partial charge in [0.05, 0.1) is 19.2 Å². The molecule has 1 aliphatic carbocycles. The van der Waals surface area contributed by atoms with Gasteiger partial charge in [-0.2, -0.15) is 0 Å². The number of aliphatic hydroxyl groups excluding tert-OH is 1. The van der Waals surface area contributed by atoms with Crippen molar-refractivity contribution in [3.8, 4) is 0 Å². The fourth-order valence-electron chi connectivity index (χ4n) is 3.07. The number of Topliss-reactive ketones (excluding diaryl/α,β-unsaturated/α-hetero) is 1. The van der Waals surface area contributed by atoms with Gasteiger partial charge in [-0.15, -0.1) is 0 Å². The first-order chi connectivity index (χ1) is 10.8. The fourth-order valence-corrected chi connectivity index (χ4v) is 3.07. The summed E-state index contributed by atoms with van der Waals surface area (Å²) in [4.78, 5) is 29.3. The summed E-state index contributed by atoms with van der Waals surface area (Å²) in [5, 5.41) is 9.43. The predicted molar refractivity (Wildman–Crippen MR) is 84.7 cm³/mol. The van der Waals surface area contributed by atoms with Crippen molar-refractivity contribution < 1.29 is 19.1 Å². The Morgan fingerprint density at radius 1 is 1.43 bits per heavy atom. The molecule has 128 valence electrons. The molecule has 1 amide bonds. The van der Waals surface area contributed by atoms with E-state index in [4.69, 9.17) is 5.73 Å². The lowest BCUT2D eigenvalue weighted by Gasteiger charge is -2.32. The number of amides is 1. The smallest absolute Gasteiger partial charge is 0.270 e. The van der Waals surface area contributed by atoms with Crippen LogP contribution in [0.25, 0.3) is 0 Å². The standard InChI is InChI=1S/C16H24FN3O3/c1-9-3-4-12(19-7-10(2)21)14(9)15(18)16(23)20-6-5-13(22)11(17)8-20/h9,11,13,22H,3-8,18H2,1-2H3/b15-14-,19-12?. The molecule has 6 nitrogen and oxygen atoms in total. The third-order valence-electron chi connectivity index (χ3n) is 4.43. The number of allylic oxidation sites excluding steroid dienone is 1. The van der Waals surface area contributed by atoms with Gasteiger partial charge in [0.15, 0.2) is 5.78 Å². The summed E-state index contributed by atoms with van der Waals surface area (Å²) in [6.45, 7) is 3.63. The minimum absolute atomic E-state index is 0.0495. The van der Waals surface area contributed by atoms with E-state index in [1.807, 2.05) is 6.92 Å². The summed E-state index contributed by atoms with van der Waals surface area (Å²) in [5.74, 6) is -0.383. The van der Waals surface area contributed by atoms with Crippen LogP contribution in [0.15, 0.2) is 16.3 Å². The van der Waals surface area contributed by atoms with E-state index in [-0.39, 0.29) is 43.5 Å². The first-order valence-corrected chi connectivity index (χ1v) is 7.95. The largest absolute Gasteiger partial charge is 0.394 e. The average molecular weight is 325 g/mol. The molecule has 23 heavy (non-hydrogen) atoms. The number of carbonyl (C=O) groups excluding carboxylic acids is 2. The van der Waals surface area contributed by atoms with Crippen LogP contribution in [0.1, 0.15) is 33.1 Å². The molecule has 7 heteroatoms. The molecule has 0 radical (unpaired) electrons. The van der Waals surface area contributed by atoms with Gasteiger partial charge in [0.25, 0.3) is 5.91 Å². The normalized spacial score (nSPS) is 32.3. The first kappa shape index (κ1) is 17.6. The Morgan fingerprint density at radius 3 is 2.74 bits per heavy atom. The van der Waals surface area contributed by atoms with Gasteiger partial charge in [-0.05, 0) is 32.1 Å². The first-order valence-electron chi connectivity index (χ1n) is 7.95. The van der Waals surface area contributed by atoms with Crippen molar-refractivity contribution in [1.29, 1.82) is 0 Å². The molecule has 2 rings (SSSR count). The maximum Gasteiger partial charge on any atom is 0.270 e. The maximum atomic E-state index is 13.6. The van der Waals surface area contributed by atoms with Gasteiger partial charge in [-0.25, -0.2) is 4.39 Å². The topological polar surface area (TPSA) is 96.0 Å². The number of piperidine rings is 1. The highest BCUT2D eigenvalue weighted by atomic mass is 19.1. The molecule has 1 aliphatic heterocycles. The molecule has 3 unspecified atom stereocenters. The number of likely N-dealkylation sites (tertiary alicyclic amines) is 1. The van der Waals surface area contributed by atoms with Crippen LogP contribution in [0.5, 0.6) is 0 Å². The van der Waals surface area contributed by atoms with Crippen LogP contribution in [-0.2, 0) is 9.59 Å². The predicted octanol–water partition coefficient (Wildman–Crippen LogP) is 0.590. The molecule has 2 fully saturated rings. The van der Waals surface area contributed by atoms with E-state index < -0.39 is 18.2 Å². The molecule has 1 saturated carbocycles. The van der Waals surface area contributed by atoms with Crippen molar-refractivity contribution in [1.82, 2.24) is 4.90 Å². The number of alkyl halides is 1. The second kappa shape index (κ2) is 7.21. The number of nitrogens with zero attached hydrogens (tertiary/aromatic N) is 2. The van der Waals surface area contributed by atoms with Gasteiger partial charge in [0.2, 0.25) is 0 Å². The highest BCUT2D eigenvalue weighted by Gasteiger charge is 2.34. The zero-order valence-corrected chi connectivity index (χ0v) is 13.6. The molecule has 2 aliphatic rings. The highest BCUT2D eigenvalue weighted by Crippen LogP contribution is 2.31. The zero-order chi connectivity index (χ0) is 17.1. The molecule has 0 spiro atoms. The lowest BCUT2D eigenvalue weighted by Crippen LogP contribution is -2.48. The van der Waals surface area contributed by atoms with Gasteiger partial charge in [0, 0.05) is 17.8 Å². The number of rotatable bonds is 3. The number of aliphatic imine (C=N–C) groups is 1.